The molecule has 0 saturated heterocycles. The zero-order valence-corrected chi connectivity index (χ0v) is 10.9. The van der Waals surface area contributed by atoms with E-state index in [0.29, 0.717) is 11.2 Å². The molecule has 14 heavy (non-hydrogen) atoms. The van der Waals surface area contributed by atoms with Crippen LogP contribution in [0.3, 0.4) is 0 Å². The molecule has 0 aliphatic rings. The zero-order chi connectivity index (χ0) is 10.6. The van der Waals surface area contributed by atoms with Gasteiger partial charge in [0.15, 0.2) is 0 Å². The van der Waals surface area contributed by atoms with Gasteiger partial charge in [0.1, 0.15) is 5.03 Å². The molecule has 1 N–H and O–H groups in total. The van der Waals surface area contributed by atoms with Crippen molar-refractivity contribution in [2.75, 3.05) is 12.4 Å². The van der Waals surface area contributed by atoms with Gasteiger partial charge in [-0.05, 0) is 22.4 Å². The van der Waals surface area contributed by atoms with Gasteiger partial charge in [-0.25, -0.2) is 9.97 Å². The zero-order valence-electron chi connectivity index (χ0n) is 8.54. The van der Waals surface area contributed by atoms with Crippen LogP contribution in [0.15, 0.2) is 15.7 Å². The fraction of sp³-hybridized carbons (Fsp3) is 0.556. The molecule has 5 heteroatoms. The van der Waals surface area contributed by atoms with Crippen LogP contribution in [0.1, 0.15) is 20.3 Å². The fourth-order valence-corrected chi connectivity index (χ4v) is 2.15. The average Bonchev–Trinajstić information content (AvgIpc) is 2.21. The maximum absolute atomic E-state index is 4.37. The number of hydrogen-bond donors (Lipinski definition) is 1. The summed E-state index contributed by atoms with van der Waals surface area (Å²) in [4.78, 5) is 8.48. The van der Waals surface area contributed by atoms with E-state index in [-0.39, 0.29) is 0 Å². The van der Waals surface area contributed by atoms with E-state index >= 15 is 0 Å². The molecular weight excluding hydrogens is 262 g/mol. The summed E-state index contributed by atoms with van der Waals surface area (Å²) < 4.78 is 0.960. The minimum Gasteiger partial charge on any atom is -0.357 e. The summed E-state index contributed by atoms with van der Waals surface area (Å²) in [5, 5.41) is 4.50. The predicted octanol–water partition coefficient (Wildman–Crippen LogP) is 3.17. The van der Waals surface area contributed by atoms with Crippen LogP contribution >= 0.6 is 27.7 Å². The standard InChI is InChI=1S/C9H14BrN3S/c1-4-6(2)14-8-7(10)5-12-9(11-3)13-8/h5-6H,4H2,1-3H3,(H,11,12,13). The number of thioether (sulfide) groups is 1. The van der Waals surface area contributed by atoms with Gasteiger partial charge < -0.3 is 5.32 Å². The van der Waals surface area contributed by atoms with Crippen LogP contribution in [0.25, 0.3) is 0 Å². The van der Waals surface area contributed by atoms with Gasteiger partial charge in [0.2, 0.25) is 5.95 Å². The molecule has 3 nitrogen and oxygen atoms in total. The lowest BCUT2D eigenvalue weighted by Crippen LogP contribution is -2.00. The molecule has 0 aliphatic carbocycles. The third kappa shape index (κ3) is 3.13. The molecule has 0 fully saturated rings. The van der Waals surface area contributed by atoms with Gasteiger partial charge in [0.05, 0.1) is 4.47 Å². The smallest absolute Gasteiger partial charge is 0.223 e. The lowest BCUT2D eigenvalue weighted by atomic mass is 10.4. The summed E-state index contributed by atoms with van der Waals surface area (Å²) in [6.07, 6.45) is 2.92. The Bertz CT molecular complexity index is 306. The van der Waals surface area contributed by atoms with E-state index in [1.54, 1.807) is 18.0 Å². The number of nitrogens with one attached hydrogen (secondary N) is 1. The van der Waals surface area contributed by atoms with Crippen molar-refractivity contribution < 1.29 is 0 Å². The van der Waals surface area contributed by atoms with E-state index in [4.69, 9.17) is 0 Å². The van der Waals surface area contributed by atoms with Crippen molar-refractivity contribution in [1.29, 1.82) is 0 Å². The highest BCUT2D eigenvalue weighted by Crippen LogP contribution is 2.29. The van der Waals surface area contributed by atoms with Gasteiger partial charge >= 0.3 is 0 Å². The summed E-state index contributed by atoms with van der Waals surface area (Å²) in [6, 6.07) is 0. The number of nitrogens with zero attached hydrogens (tertiary/aromatic N) is 2. The molecule has 0 bridgehead atoms. The maximum atomic E-state index is 4.37. The first-order valence-corrected chi connectivity index (χ1v) is 6.21. The van der Waals surface area contributed by atoms with Crippen molar-refractivity contribution in [2.24, 2.45) is 0 Å². The molecule has 1 rings (SSSR count). The molecule has 0 radical (unpaired) electrons. The normalized spacial score (nSPS) is 12.6. The molecular formula is C9H14BrN3S. The average molecular weight is 276 g/mol. The van der Waals surface area contributed by atoms with E-state index in [0.717, 1.165) is 15.9 Å². The number of halogens is 1. The molecule has 0 saturated carbocycles. The second-order valence-electron chi connectivity index (χ2n) is 2.93. The van der Waals surface area contributed by atoms with E-state index in [1.165, 1.54) is 0 Å². The van der Waals surface area contributed by atoms with Gasteiger partial charge in [-0.15, -0.1) is 11.8 Å². The molecule has 0 amide bonds. The van der Waals surface area contributed by atoms with Crippen molar-refractivity contribution in [3.05, 3.63) is 10.7 Å². The van der Waals surface area contributed by atoms with E-state index < -0.39 is 0 Å². The largest absolute Gasteiger partial charge is 0.357 e. The summed E-state index contributed by atoms with van der Waals surface area (Å²) in [7, 11) is 1.82. The second-order valence-corrected chi connectivity index (χ2v) is 5.21. The minimum atomic E-state index is 0.575. The summed E-state index contributed by atoms with van der Waals surface area (Å²) in [6.45, 7) is 4.37. The lowest BCUT2D eigenvalue weighted by Gasteiger charge is -2.09. The van der Waals surface area contributed by atoms with Crippen LogP contribution in [-0.4, -0.2) is 22.3 Å². The SMILES string of the molecule is CCC(C)Sc1nc(NC)ncc1Br. The second kappa shape index (κ2) is 5.56. The van der Waals surface area contributed by atoms with Crippen molar-refractivity contribution in [2.45, 2.75) is 30.5 Å². The molecule has 0 aliphatic heterocycles. The summed E-state index contributed by atoms with van der Waals surface area (Å²) >= 11 is 5.21. The molecule has 1 aromatic rings. The van der Waals surface area contributed by atoms with Crippen molar-refractivity contribution >= 4 is 33.6 Å². The first-order valence-electron chi connectivity index (χ1n) is 4.54. The lowest BCUT2D eigenvalue weighted by molar-refractivity contribution is 0.897. The van der Waals surface area contributed by atoms with Gasteiger partial charge in [-0.2, -0.15) is 0 Å². The Hall–Kier alpha value is -0.290. The van der Waals surface area contributed by atoms with Crippen LogP contribution < -0.4 is 5.32 Å². The Labute approximate surface area is 97.2 Å². The topological polar surface area (TPSA) is 37.8 Å². The van der Waals surface area contributed by atoms with Crippen LogP contribution in [0.4, 0.5) is 5.95 Å². The van der Waals surface area contributed by atoms with Crippen LogP contribution in [0.2, 0.25) is 0 Å². The fourth-order valence-electron chi connectivity index (χ4n) is 0.828. The Morgan fingerprint density at radius 2 is 2.36 bits per heavy atom. The van der Waals surface area contributed by atoms with E-state index in [2.05, 4.69) is 45.1 Å². The third-order valence-electron chi connectivity index (χ3n) is 1.82. The Kier molecular flexibility index (Phi) is 4.68. The quantitative estimate of drug-likeness (QED) is 0.677. The molecule has 1 aromatic heterocycles. The van der Waals surface area contributed by atoms with Gasteiger partial charge in [0.25, 0.3) is 0 Å². The Balaban J connectivity index is 2.83. The maximum Gasteiger partial charge on any atom is 0.223 e. The highest BCUT2D eigenvalue weighted by atomic mass is 79.9. The molecule has 0 spiro atoms. The minimum absolute atomic E-state index is 0.575. The van der Waals surface area contributed by atoms with E-state index in [9.17, 15) is 0 Å². The highest BCUT2D eigenvalue weighted by molar-refractivity contribution is 9.10. The predicted molar refractivity (Wildman–Crippen MR) is 64.9 cm³/mol. The number of hydrogen-bond acceptors (Lipinski definition) is 4. The van der Waals surface area contributed by atoms with Crippen molar-refractivity contribution in [3.8, 4) is 0 Å². The van der Waals surface area contributed by atoms with Crippen LogP contribution in [0.5, 0.6) is 0 Å². The molecule has 78 valence electrons. The van der Waals surface area contributed by atoms with Gasteiger partial charge in [0, 0.05) is 18.5 Å². The summed E-state index contributed by atoms with van der Waals surface area (Å²) in [5.41, 5.74) is 0. The highest BCUT2D eigenvalue weighted by Gasteiger charge is 2.08. The monoisotopic (exact) mass is 275 g/mol. The molecule has 1 atom stereocenters. The van der Waals surface area contributed by atoms with E-state index in [1.807, 2.05) is 7.05 Å². The van der Waals surface area contributed by atoms with Crippen LogP contribution in [0, 0.1) is 0 Å². The van der Waals surface area contributed by atoms with Crippen LogP contribution in [-0.2, 0) is 0 Å². The third-order valence-corrected chi connectivity index (χ3v) is 3.94. The first kappa shape index (κ1) is 11.8. The molecule has 1 unspecified atom stereocenters. The van der Waals surface area contributed by atoms with Crippen molar-refractivity contribution in [1.82, 2.24) is 9.97 Å². The van der Waals surface area contributed by atoms with Gasteiger partial charge in [-0.1, -0.05) is 13.8 Å². The Morgan fingerprint density at radius 1 is 1.64 bits per heavy atom. The number of aromatic nitrogens is 2. The number of anilines is 1. The molecule has 1 heterocycles. The van der Waals surface area contributed by atoms with Crippen molar-refractivity contribution in [3.63, 3.8) is 0 Å². The summed E-state index contributed by atoms with van der Waals surface area (Å²) in [5.74, 6) is 0.666. The number of rotatable bonds is 4. The van der Waals surface area contributed by atoms with Gasteiger partial charge in [-0.3, -0.25) is 0 Å². The Morgan fingerprint density at radius 3 is 2.93 bits per heavy atom. The molecule has 0 aromatic carbocycles. The first-order chi connectivity index (χ1) is 6.67.